The third-order valence-electron chi connectivity index (χ3n) is 3.80. The van der Waals surface area contributed by atoms with Gasteiger partial charge in [0, 0.05) is 0 Å². The van der Waals surface area contributed by atoms with Crippen LogP contribution in [0.15, 0.2) is 24.3 Å². The SMILES string of the molecule is CCCCCCCC[N+](C)(C)c1ccc(C)cc1. The molecule has 0 heterocycles. The molecule has 0 aliphatic heterocycles. The lowest BCUT2D eigenvalue weighted by atomic mass is 10.1. The van der Waals surface area contributed by atoms with Crippen molar-refractivity contribution in [1.29, 1.82) is 0 Å². The Morgan fingerprint density at radius 3 is 2.00 bits per heavy atom. The lowest BCUT2D eigenvalue weighted by molar-refractivity contribution is 0.381. The third kappa shape index (κ3) is 5.22. The fourth-order valence-corrected chi connectivity index (χ4v) is 2.36. The lowest BCUT2D eigenvalue weighted by Gasteiger charge is -2.29. The second-order valence-corrected chi connectivity index (χ2v) is 6.01. The second kappa shape index (κ2) is 7.58. The minimum atomic E-state index is 1.01. The molecule has 0 N–H and O–H groups in total. The van der Waals surface area contributed by atoms with Crippen molar-refractivity contribution in [3.8, 4) is 0 Å². The van der Waals surface area contributed by atoms with Crippen molar-refractivity contribution < 1.29 is 0 Å². The maximum Gasteiger partial charge on any atom is 0.132 e. The zero-order chi connectivity index (χ0) is 13.4. The molecule has 1 nitrogen and oxygen atoms in total. The Morgan fingerprint density at radius 1 is 0.833 bits per heavy atom. The first-order valence-corrected chi connectivity index (χ1v) is 7.46. The molecule has 0 unspecified atom stereocenters. The van der Waals surface area contributed by atoms with E-state index in [1.807, 2.05) is 0 Å². The van der Waals surface area contributed by atoms with E-state index in [0.717, 1.165) is 4.48 Å². The highest BCUT2D eigenvalue weighted by Gasteiger charge is 2.17. The topological polar surface area (TPSA) is 0 Å². The van der Waals surface area contributed by atoms with E-state index in [2.05, 4.69) is 52.2 Å². The first-order chi connectivity index (χ1) is 8.56. The van der Waals surface area contributed by atoms with E-state index < -0.39 is 0 Å². The second-order valence-electron chi connectivity index (χ2n) is 6.01. The van der Waals surface area contributed by atoms with Crippen molar-refractivity contribution in [2.45, 2.75) is 52.4 Å². The first-order valence-electron chi connectivity index (χ1n) is 7.46. The van der Waals surface area contributed by atoms with Crippen molar-refractivity contribution in [3.63, 3.8) is 0 Å². The summed E-state index contributed by atoms with van der Waals surface area (Å²) >= 11 is 0. The highest BCUT2D eigenvalue weighted by Crippen LogP contribution is 2.20. The molecule has 0 amide bonds. The number of hydrogen-bond acceptors (Lipinski definition) is 0. The average Bonchev–Trinajstić information content (AvgIpc) is 2.34. The fourth-order valence-electron chi connectivity index (χ4n) is 2.36. The molecular formula is C17H30N+. The predicted octanol–water partition coefficient (Wildman–Crippen LogP) is 4.92. The van der Waals surface area contributed by atoms with Gasteiger partial charge in [-0.15, -0.1) is 0 Å². The smallest absolute Gasteiger partial charge is 0.132 e. The molecule has 0 saturated carbocycles. The van der Waals surface area contributed by atoms with E-state index in [-0.39, 0.29) is 0 Å². The van der Waals surface area contributed by atoms with Crippen LogP contribution in [-0.2, 0) is 0 Å². The van der Waals surface area contributed by atoms with Gasteiger partial charge >= 0.3 is 0 Å². The lowest BCUT2D eigenvalue weighted by Crippen LogP contribution is -2.41. The van der Waals surface area contributed by atoms with E-state index >= 15 is 0 Å². The Balaban J connectivity index is 2.33. The molecule has 1 aromatic rings. The van der Waals surface area contributed by atoms with Gasteiger partial charge < -0.3 is 0 Å². The maximum absolute atomic E-state index is 2.32. The molecular weight excluding hydrogens is 218 g/mol. The molecule has 0 saturated heterocycles. The number of quaternary nitrogens is 1. The zero-order valence-corrected chi connectivity index (χ0v) is 12.7. The van der Waals surface area contributed by atoms with Crippen LogP contribution in [0.25, 0.3) is 0 Å². The van der Waals surface area contributed by atoms with Crippen molar-refractivity contribution in [2.24, 2.45) is 0 Å². The van der Waals surface area contributed by atoms with Gasteiger partial charge in [-0.2, -0.15) is 0 Å². The van der Waals surface area contributed by atoms with E-state index in [1.54, 1.807) is 0 Å². The summed E-state index contributed by atoms with van der Waals surface area (Å²) in [6.07, 6.45) is 8.27. The van der Waals surface area contributed by atoms with Gasteiger partial charge in [0.25, 0.3) is 0 Å². The fraction of sp³-hybridized carbons (Fsp3) is 0.647. The number of hydrogen-bond donors (Lipinski definition) is 0. The summed E-state index contributed by atoms with van der Waals surface area (Å²) < 4.78 is 1.01. The number of unbranched alkanes of at least 4 members (excludes halogenated alkanes) is 5. The standard InChI is InChI=1S/C17H30N/c1-5-6-7-8-9-10-15-18(3,4)17-13-11-16(2)12-14-17/h11-14H,5-10,15H2,1-4H3/q+1. The number of nitrogens with zero attached hydrogens (tertiary/aromatic N) is 1. The van der Waals surface area contributed by atoms with Gasteiger partial charge in [-0.3, -0.25) is 4.48 Å². The van der Waals surface area contributed by atoms with Crippen molar-refractivity contribution in [2.75, 3.05) is 20.6 Å². The van der Waals surface area contributed by atoms with Crippen molar-refractivity contribution >= 4 is 5.69 Å². The van der Waals surface area contributed by atoms with Gasteiger partial charge in [0.1, 0.15) is 5.69 Å². The summed E-state index contributed by atoms with van der Waals surface area (Å²) in [5, 5.41) is 0. The zero-order valence-electron chi connectivity index (χ0n) is 12.7. The van der Waals surface area contributed by atoms with Crippen LogP contribution >= 0.6 is 0 Å². The van der Waals surface area contributed by atoms with Crippen LogP contribution in [0.4, 0.5) is 5.69 Å². The summed E-state index contributed by atoms with van der Waals surface area (Å²) in [5.74, 6) is 0. The first kappa shape index (κ1) is 15.2. The Labute approximate surface area is 113 Å². The molecule has 0 fully saturated rings. The summed E-state index contributed by atoms with van der Waals surface area (Å²) in [6, 6.07) is 8.98. The van der Waals surface area contributed by atoms with Gasteiger partial charge in [0.2, 0.25) is 0 Å². The molecule has 0 radical (unpaired) electrons. The Hall–Kier alpha value is -0.820. The molecule has 0 atom stereocenters. The van der Waals surface area contributed by atoms with E-state index in [0.29, 0.717) is 0 Å². The number of rotatable bonds is 8. The largest absolute Gasteiger partial charge is 0.296 e. The van der Waals surface area contributed by atoms with Gasteiger partial charge in [-0.25, -0.2) is 0 Å². The summed E-state index contributed by atoms with van der Waals surface area (Å²) in [7, 11) is 4.63. The molecule has 1 aromatic carbocycles. The van der Waals surface area contributed by atoms with Crippen molar-refractivity contribution in [1.82, 2.24) is 4.48 Å². The Morgan fingerprint density at radius 2 is 1.39 bits per heavy atom. The van der Waals surface area contributed by atoms with Gasteiger partial charge in [-0.05, 0) is 31.9 Å². The van der Waals surface area contributed by atoms with Gasteiger partial charge in [0.15, 0.2) is 0 Å². The highest BCUT2D eigenvalue weighted by molar-refractivity contribution is 5.42. The van der Waals surface area contributed by atoms with Crippen molar-refractivity contribution in [3.05, 3.63) is 29.8 Å². The molecule has 1 rings (SSSR count). The molecule has 18 heavy (non-hydrogen) atoms. The van der Waals surface area contributed by atoms with E-state index in [9.17, 15) is 0 Å². The maximum atomic E-state index is 2.32. The molecule has 0 aliphatic carbocycles. The predicted molar refractivity (Wildman–Crippen MR) is 83.1 cm³/mol. The molecule has 1 heteroatoms. The van der Waals surface area contributed by atoms with Crippen LogP contribution in [0.1, 0.15) is 51.0 Å². The Bertz CT molecular complexity index is 324. The minimum Gasteiger partial charge on any atom is -0.296 e. The van der Waals surface area contributed by atoms with Crippen LogP contribution in [0, 0.1) is 6.92 Å². The third-order valence-corrected chi connectivity index (χ3v) is 3.80. The summed E-state index contributed by atoms with van der Waals surface area (Å²) in [6.45, 7) is 5.67. The van der Waals surface area contributed by atoms with E-state index in [4.69, 9.17) is 0 Å². The molecule has 0 spiro atoms. The molecule has 0 aliphatic rings. The average molecular weight is 248 g/mol. The van der Waals surface area contributed by atoms with Gasteiger partial charge in [0.05, 0.1) is 20.6 Å². The Kier molecular flexibility index (Phi) is 6.42. The van der Waals surface area contributed by atoms with E-state index in [1.165, 1.54) is 56.3 Å². The minimum absolute atomic E-state index is 1.01. The van der Waals surface area contributed by atoms with Gasteiger partial charge in [-0.1, -0.05) is 50.3 Å². The number of benzene rings is 1. The summed E-state index contributed by atoms with van der Waals surface area (Å²) in [5.41, 5.74) is 2.77. The molecule has 0 bridgehead atoms. The molecule has 102 valence electrons. The monoisotopic (exact) mass is 248 g/mol. The normalized spacial score (nSPS) is 11.8. The van der Waals surface area contributed by atoms with Crippen LogP contribution < -0.4 is 4.48 Å². The quantitative estimate of drug-likeness (QED) is 0.452. The van der Waals surface area contributed by atoms with Crippen LogP contribution in [0.3, 0.4) is 0 Å². The highest BCUT2D eigenvalue weighted by atomic mass is 15.3. The molecule has 0 aromatic heterocycles. The van der Waals surface area contributed by atoms with Crippen LogP contribution in [-0.4, -0.2) is 20.6 Å². The van der Waals surface area contributed by atoms with Crippen LogP contribution in [0.5, 0.6) is 0 Å². The number of aryl methyl sites for hydroxylation is 1. The van der Waals surface area contributed by atoms with Crippen LogP contribution in [0.2, 0.25) is 0 Å². The summed E-state index contributed by atoms with van der Waals surface area (Å²) in [4.78, 5) is 0.